The van der Waals surface area contributed by atoms with E-state index in [1.54, 1.807) is 0 Å². The van der Waals surface area contributed by atoms with Crippen molar-refractivity contribution in [1.82, 2.24) is 9.97 Å². The topological polar surface area (TPSA) is 61.6 Å². The number of hydrogen-bond acceptors (Lipinski definition) is 4. The number of nitrogens with one attached hydrogen (secondary N) is 1. The van der Waals surface area contributed by atoms with Gasteiger partial charge in [0.15, 0.2) is 0 Å². The standard InChI is InChI=1S/C17H14N4/c1-19-17-14-4-2-3-5-15(14)20-16(21-17)10-12-6-8-13(11-18)9-7-12/h2-9H,10H2,1H3,(H,19,20,21). The summed E-state index contributed by atoms with van der Waals surface area (Å²) in [6, 6.07) is 17.6. The Morgan fingerprint density at radius 2 is 1.81 bits per heavy atom. The number of rotatable bonds is 3. The lowest BCUT2D eigenvalue weighted by molar-refractivity contribution is 0.993. The van der Waals surface area contributed by atoms with Gasteiger partial charge in [0, 0.05) is 18.9 Å². The minimum Gasteiger partial charge on any atom is -0.373 e. The van der Waals surface area contributed by atoms with Crippen LogP contribution in [0.4, 0.5) is 5.82 Å². The Morgan fingerprint density at radius 3 is 2.52 bits per heavy atom. The summed E-state index contributed by atoms with van der Waals surface area (Å²) in [4.78, 5) is 9.18. The largest absolute Gasteiger partial charge is 0.373 e. The van der Waals surface area contributed by atoms with Crippen molar-refractivity contribution < 1.29 is 0 Å². The quantitative estimate of drug-likeness (QED) is 0.797. The van der Waals surface area contributed by atoms with E-state index in [9.17, 15) is 0 Å². The molecule has 3 rings (SSSR count). The molecule has 0 radical (unpaired) electrons. The molecule has 102 valence electrons. The molecule has 21 heavy (non-hydrogen) atoms. The second kappa shape index (κ2) is 5.59. The van der Waals surface area contributed by atoms with Gasteiger partial charge in [-0.05, 0) is 29.8 Å². The molecule has 0 saturated heterocycles. The Kier molecular flexibility index (Phi) is 3.48. The molecule has 0 aliphatic heterocycles. The van der Waals surface area contributed by atoms with E-state index in [1.165, 1.54) is 0 Å². The first kappa shape index (κ1) is 13.1. The number of anilines is 1. The summed E-state index contributed by atoms with van der Waals surface area (Å²) in [7, 11) is 1.86. The van der Waals surface area contributed by atoms with Crippen LogP contribution in [0.5, 0.6) is 0 Å². The predicted octanol–water partition coefficient (Wildman–Crippen LogP) is 3.13. The van der Waals surface area contributed by atoms with Crippen LogP contribution in [-0.2, 0) is 6.42 Å². The molecule has 4 heteroatoms. The lowest BCUT2D eigenvalue weighted by atomic mass is 10.1. The van der Waals surface area contributed by atoms with Gasteiger partial charge in [-0.1, -0.05) is 24.3 Å². The minimum absolute atomic E-state index is 0.644. The molecule has 1 heterocycles. The number of para-hydroxylation sites is 1. The fourth-order valence-electron chi connectivity index (χ4n) is 2.27. The molecule has 0 bridgehead atoms. The summed E-state index contributed by atoms with van der Waals surface area (Å²) < 4.78 is 0. The molecular weight excluding hydrogens is 260 g/mol. The van der Waals surface area contributed by atoms with E-state index in [2.05, 4.69) is 21.4 Å². The second-order valence-corrected chi connectivity index (χ2v) is 4.74. The van der Waals surface area contributed by atoms with E-state index in [4.69, 9.17) is 5.26 Å². The van der Waals surface area contributed by atoms with E-state index < -0.39 is 0 Å². The van der Waals surface area contributed by atoms with Crippen LogP contribution in [0.1, 0.15) is 17.0 Å². The van der Waals surface area contributed by atoms with Crippen molar-refractivity contribution in [3.05, 3.63) is 65.5 Å². The van der Waals surface area contributed by atoms with Crippen molar-refractivity contribution in [2.75, 3.05) is 12.4 Å². The predicted molar refractivity (Wildman–Crippen MR) is 83.0 cm³/mol. The molecule has 2 aromatic carbocycles. The van der Waals surface area contributed by atoms with Crippen LogP contribution in [0, 0.1) is 11.3 Å². The van der Waals surface area contributed by atoms with Gasteiger partial charge in [0.25, 0.3) is 0 Å². The van der Waals surface area contributed by atoms with Crippen LogP contribution in [-0.4, -0.2) is 17.0 Å². The van der Waals surface area contributed by atoms with Crippen LogP contribution in [0.15, 0.2) is 48.5 Å². The molecule has 3 aromatic rings. The van der Waals surface area contributed by atoms with Crippen LogP contribution < -0.4 is 5.32 Å². The highest BCUT2D eigenvalue weighted by molar-refractivity contribution is 5.88. The third-order valence-corrected chi connectivity index (χ3v) is 3.33. The number of fused-ring (bicyclic) bond motifs is 1. The van der Waals surface area contributed by atoms with Crippen LogP contribution >= 0.6 is 0 Å². The number of aromatic nitrogens is 2. The average molecular weight is 274 g/mol. The lowest BCUT2D eigenvalue weighted by Crippen LogP contribution is -2.02. The molecule has 0 aliphatic rings. The molecule has 0 unspecified atom stereocenters. The number of hydrogen-bond donors (Lipinski definition) is 1. The normalized spacial score (nSPS) is 10.3. The van der Waals surface area contributed by atoms with Gasteiger partial charge in [-0.25, -0.2) is 9.97 Å². The lowest BCUT2D eigenvalue weighted by Gasteiger charge is -2.08. The van der Waals surface area contributed by atoms with Crippen LogP contribution in [0.3, 0.4) is 0 Å². The summed E-state index contributed by atoms with van der Waals surface area (Å²) in [5.41, 5.74) is 2.68. The highest BCUT2D eigenvalue weighted by atomic mass is 15.0. The van der Waals surface area contributed by atoms with Gasteiger partial charge >= 0.3 is 0 Å². The highest BCUT2D eigenvalue weighted by Crippen LogP contribution is 2.20. The zero-order valence-corrected chi connectivity index (χ0v) is 11.7. The Morgan fingerprint density at radius 1 is 1.05 bits per heavy atom. The van der Waals surface area contributed by atoms with Crippen molar-refractivity contribution in [3.63, 3.8) is 0 Å². The van der Waals surface area contributed by atoms with Crippen LogP contribution in [0.2, 0.25) is 0 Å². The monoisotopic (exact) mass is 274 g/mol. The van der Waals surface area contributed by atoms with Crippen molar-refractivity contribution in [2.24, 2.45) is 0 Å². The molecule has 0 atom stereocenters. The fraction of sp³-hybridized carbons (Fsp3) is 0.118. The maximum Gasteiger partial charge on any atom is 0.137 e. The molecular formula is C17H14N4. The maximum absolute atomic E-state index is 8.82. The highest BCUT2D eigenvalue weighted by Gasteiger charge is 2.07. The molecule has 0 aliphatic carbocycles. The smallest absolute Gasteiger partial charge is 0.137 e. The minimum atomic E-state index is 0.644. The molecule has 0 saturated carbocycles. The molecule has 0 fully saturated rings. The van der Waals surface area contributed by atoms with Gasteiger partial charge in [-0.15, -0.1) is 0 Å². The average Bonchev–Trinajstić information content (AvgIpc) is 2.55. The summed E-state index contributed by atoms with van der Waals surface area (Å²) >= 11 is 0. The van der Waals surface area contributed by atoms with E-state index in [-0.39, 0.29) is 0 Å². The van der Waals surface area contributed by atoms with E-state index in [1.807, 2.05) is 55.6 Å². The summed E-state index contributed by atoms with van der Waals surface area (Å²) in [6.07, 6.45) is 0.644. The van der Waals surface area contributed by atoms with Gasteiger partial charge in [0.2, 0.25) is 0 Å². The Balaban J connectivity index is 1.98. The Bertz CT molecular complexity index is 816. The first-order valence-corrected chi connectivity index (χ1v) is 6.72. The number of benzene rings is 2. The summed E-state index contributed by atoms with van der Waals surface area (Å²) in [5, 5.41) is 13.0. The number of nitrogens with zero attached hydrogens (tertiary/aromatic N) is 3. The molecule has 0 amide bonds. The first-order chi connectivity index (χ1) is 10.3. The molecule has 4 nitrogen and oxygen atoms in total. The van der Waals surface area contributed by atoms with Crippen molar-refractivity contribution in [1.29, 1.82) is 5.26 Å². The SMILES string of the molecule is CNc1nc(Cc2ccc(C#N)cc2)nc2ccccc12. The molecule has 1 N–H and O–H groups in total. The third-order valence-electron chi connectivity index (χ3n) is 3.33. The second-order valence-electron chi connectivity index (χ2n) is 4.74. The van der Waals surface area contributed by atoms with Crippen LogP contribution in [0.25, 0.3) is 10.9 Å². The summed E-state index contributed by atoms with van der Waals surface area (Å²) in [6.45, 7) is 0. The number of nitriles is 1. The Hall–Kier alpha value is -2.93. The van der Waals surface area contributed by atoms with Crippen molar-refractivity contribution in [2.45, 2.75) is 6.42 Å². The molecule has 1 aromatic heterocycles. The Labute approximate surface area is 123 Å². The van der Waals surface area contributed by atoms with Gasteiger partial charge in [0.05, 0.1) is 17.1 Å². The molecule has 0 spiro atoms. The van der Waals surface area contributed by atoms with E-state index >= 15 is 0 Å². The van der Waals surface area contributed by atoms with Gasteiger partial charge in [-0.2, -0.15) is 5.26 Å². The van der Waals surface area contributed by atoms with Crippen molar-refractivity contribution >= 4 is 16.7 Å². The van der Waals surface area contributed by atoms with Gasteiger partial charge in [-0.3, -0.25) is 0 Å². The zero-order chi connectivity index (χ0) is 14.7. The van der Waals surface area contributed by atoms with Gasteiger partial charge in [0.1, 0.15) is 11.6 Å². The van der Waals surface area contributed by atoms with E-state index in [0.717, 1.165) is 28.1 Å². The van der Waals surface area contributed by atoms with Crippen molar-refractivity contribution in [3.8, 4) is 6.07 Å². The van der Waals surface area contributed by atoms with E-state index in [0.29, 0.717) is 12.0 Å². The van der Waals surface area contributed by atoms with Gasteiger partial charge < -0.3 is 5.32 Å². The summed E-state index contributed by atoms with van der Waals surface area (Å²) in [5.74, 6) is 1.60. The zero-order valence-electron chi connectivity index (χ0n) is 11.7. The first-order valence-electron chi connectivity index (χ1n) is 6.72. The third kappa shape index (κ3) is 2.67. The maximum atomic E-state index is 8.82. The fourth-order valence-corrected chi connectivity index (χ4v) is 2.27.